The number of halogens is 3. The number of rotatable bonds is 3. The molecule has 120 valence electrons. The van der Waals surface area contributed by atoms with Crippen molar-refractivity contribution >= 4 is 0 Å². The maximum absolute atomic E-state index is 12.6. The van der Waals surface area contributed by atoms with Crippen molar-refractivity contribution in [2.45, 2.75) is 19.1 Å². The highest BCUT2D eigenvalue weighted by atomic mass is 19.4. The molecule has 0 saturated heterocycles. The van der Waals surface area contributed by atoms with Crippen LogP contribution in [0.1, 0.15) is 18.1 Å². The summed E-state index contributed by atoms with van der Waals surface area (Å²) in [7, 11) is 0. The Morgan fingerprint density at radius 3 is 2.74 bits per heavy atom. The van der Waals surface area contributed by atoms with Gasteiger partial charge in [-0.1, -0.05) is 18.2 Å². The first-order valence-electron chi connectivity index (χ1n) is 7.90. The van der Waals surface area contributed by atoms with E-state index in [9.17, 15) is 13.2 Å². The van der Waals surface area contributed by atoms with E-state index in [-0.39, 0.29) is 0 Å². The van der Waals surface area contributed by atoms with Crippen LogP contribution in [0.3, 0.4) is 0 Å². The second-order valence-electron chi connectivity index (χ2n) is 5.52. The van der Waals surface area contributed by atoms with Crippen LogP contribution in [0.15, 0.2) is 49.2 Å². The molecule has 1 atom stereocenters. The van der Waals surface area contributed by atoms with Crippen molar-refractivity contribution in [2.75, 3.05) is 13.1 Å². The van der Waals surface area contributed by atoms with Crippen molar-refractivity contribution in [2.24, 2.45) is 0 Å². The first kappa shape index (κ1) is 14.5. The van der Waals surface area contributed by atoms with Crippen LogP contribution in [0, 0.1) is 0 Å². The maximum Gasteiger partial charge on any atom is 0.417 e. The second-order valence-corrected chi connectivity index (χ2v) is 5.52. The normalized spacial score (nSPS) is 17.3. The summed E-state index contributed by atoms with van der Waals surface area (Å²) in [6.07, 6.45) is -1.08. The lowest BCUT2D eigenvalue weighted by Gasteiger charge is -2.28. The first-order chi connectivity index (χ1) is 11.4. The van der Waals surface area contributed by atoms with Gasteiger partial charge in [0.15, 0.2) is 0 Å². The highest BCUT2D eigenvalue weighted by Gasteiger charge is 2.30. The molecule has 1 unspecified atom stereocenters. The van der Waals surface area contributed by atoms with Crippen LogP contribution in [0.25, 0.3) is 11.3 Å². The van der Waals surface area contributed by atoms with Gasteiger partial charge in [0.25, 0.3) is 0 Å². The van der Waals surface area contributed by atoms with Gasteiger partial charge in [-0.2, -0.15) is 13.2 Å². The third kappa shape index (κ3) is 3.45. The summed E-state index contributed by atoms with van der Waals surface area (Å²) in [6, 6.07) is 8.27. The van der Waals surface area contributed by atoms with Gasteiger partial charge in [-0.05, 0) is 35.7 Å². The number of hydrogen-bond acceptors (Lipinski definition) is 2. The molecular formula is C18H17F3N2. The number of aromatic nitrogens is 1. The predicted molar refractivity (Wildman–Crippen MR) is 83.9 cm³/mol. The minimum absolute atomic E-state index is 0.453. The van der Waals surface area contributed by atoms with E-state index in [1.165, 1.54) is 11.6 Å². The van der Waals surface area contributed by atoms with E-state index in [1.807, 2.05) is 23.1 Å². The second kappa shape index (κ2) is 6.16. The number of benzene rings is 1. The molecule has 23 heavy (non-hydrogen) atoms. The summed E-state index contributed by atoms with van der Waals surface area (Å²) in [5.74, 6) is 0. The Balaban J connectivity index is 1.87. The first-order valence-corrected chi connectivity index (χ1v) is 7.33. The van der Waals surface area contributed by atoms with Crippen molar-refractivity contribution in [1.82, 2.24) is 9.88 Å². The lowest BCUT2D eigenvalue weighted by molar-refractivity contribution is -0.137. The molecule has 1 aromatic heterocycles. The Morgan fingerprint density at radius 1 is 1.26 bits per heavy atom. The minimum atomic E-state index is -4.38. The fourth-order valence-electron chi connectivity index (χ4n) is 2.75. The van der Waals surface area contributed by atoms with Crippen LogP contribution in [-0.4, -0.2) is 22.9 Å². The molecule has 0 saturated carbocycles. The quantitative estimate of drug-likeness (QED) is 0.784. The van der Waals surface area contributed by atoms with E-state index in [0.717, 1.165) is 36.4 Å². The third-order valence-corrected chi connectivity index (χ3v) is 3.95. The van der Waals surface area contributed by atoms with Gasteiger partial charge in [0.2, 0.25) is 0 Å². The zero-order valence-corrected chi connectivity index (χ0v) is 12.5. The minimum Gasteiger partial charge on any atom is -0.295 e. The molecule has 1 aromatic carbocycles. The summed E-state index contributed by atoms with van der Waals surface area (Å²) in [5, 5.41) is 0. The van der Waals surface area contributed by atoms with Crippen molar-refractivity contribution in [1.29, 1.82) is 0 Å². The molecule has 2 nitrogen and oxygen atoms in total. The molecule has 0 bridgehead atoms. The molecule has 2 heterocycles. The molecule has 0 radical (unpaired) electrons. The largest absolute Gasteiger partial charge is 0.417 e. The Morgan fingerprint density at radius 2 is 2.09 bits per heavy atom. The number of hydrogen-bond donors (Lipinski definition) is 0. The Kier molecular flexibility index (Phi) is 3.87. The van der Waals surface area contributed by atoms with E-state index in [4.69, 9.17) is 1.37 Å². The van der Waals surface area contributed by atoms with Gasteiger partial charge in [0, 0.05) is 32.7 Å². The Hall–Kier alpha value is -2.14. The lowest BCUT2D eigenvalue weighted by Crippen LogP contribution is -2.30. The molecule has 1 aliphatic rings. The maximum atomic E-state index is 12.6. The van der Waals surface area contributed by atoms with Crippen LogP contribution in [-0.2, 0) is 19.1 Å². The van der Waals surface area contributed by atoms with Crippen molar-refractivity contribution in [3.05, 3.63) is 65.9 Å². The summed E-state index contributed by atoms with van der Waals surface area (Å²) in [5.41, 5.74) is 2.83. The van der Waals surface area contributed by atoms with Gasteiger partial charge in [0.1, 0.15) is 0 Å². The fourth-order valence-corrected chi connectivity index (χ4v) is 2.75. The van der Waals surface area contributed by atoms with Crippen LogP contribution in [0.5, 0.6) is 0 Å². The summed E-state index contributed by atoms with van der Waals surface area (Å²) < 4.78 is 45.8. The molecule has 3 rings (SSSR count). The summed E-state index contributed by atoms with van der Waals surface area (Å²) in [6.45, 7) is 4.63. The number of pyridine rings is 1. The average molecular weight is 319 g/mol. The molecule has 0 amide bonds. The van der Waals surface area contributed by atoms with Crippen molar-refractivity contribution in [3.8, 4) is 11.3 Å². The molecule has 0 fully saturated rings. The highest BCUT2D eigenvalue weighted by Crippen LogP contribution is 2.30. The number of fused-ring (bicyclic) bond motifs is 1. The molecule has 0 aliphatic carbocycles. The van der Waals surface area contributed by atoms with E-state index < -0.39 is 18.3 Å². The van der Waals surface area contributed by atoms with Gasteiger partial charge in [-0.25, -0.2) is 0 Å². The Labute approximate surface area is 134 Å². The highest BCUT2D eigenvalue weighted by molar-refractivity contribution is 5.61. The van der Waals surface area contributed by atoms with E-state index in [1.54, 1.807) is 6.08 Å². The standard InChI is InChI=1S/C18H17F3N2/c1-2-8-23-9-7-13-3-4-14(10-15(13)12-23)17-6-5-16(11-22-17)18(19,20)21/h2-6,10-11H,1,7-9,12H2/i8D. The SMILES string of the molecule is [2H]C(C=C)N1CCc2ccc(-c3ccc(C(F)(F)F)cn3)cc2C1. The fraction of sp³-hybridized carbons (Fsp3) is 0.278. The van der Waals surface area contributed by atoms with Gasteiger partial charge >= 0.3 is 6.18 Å². The monoisotopic (exact) mass is 319 g/mol. The van der Waals surface area contributed by atoms with Gasteiger partial charge in [-0.3, -0.25) is 9.88 Å². The van der Waals surface area contributed by atoms with Crippen molar-refractivity contribution in [3.63, 3.8) is 0 Å². The topological polar surface area (TPSA) is 16.1 Å². The lowest BCUT2D eigenvalue weighted by atomic mass is 9.96. The van der Waals surface area contributed by atoms with Crippen LogP contribution < -0.4 is 0 Å². The van der Waals surface area contributed by atoms with E-state index >= 15 is 0 Å². The van der Waals surface area contributed by atoms with Crippen LogP contribution in [0.2, 0.25) is 0 Å². The van der Waals surface area contributed by atoms with E-state index in [0.29, 0.717) is 12.2 Å². The molecule has 0 spiro atoms. The molecule has 5 heteroatoms. The molecule has 0 N–H and O–H groups in total. The van der Waals surface area contributed by atoms with Crippen LogP contribution >= 0.6 is 0 Å². The molecule has 1 aliphatic heterocycles. The summed E-state index contributed by atoms with van der Waals surface area (Å²) in [4.78, 5) is 5.95. The molecule has 2 aromatic rings. The zero-order valence-electron chi connectivity index (χ0n) is 13.5. The van der Waals surface area contributed by atoms with Gasteiger partial charge in [-0.15, -0.1) is 6.58 Å². The van der Waals surface area contributed by atoms with Gasteiger partial charge in [0.05, 0.1) is 11.3 Å². The number of alkyl halides is 3. The number of nitrogens with zero attached hydrogens (tertiary/aromatic N) is 2. The van der Waals surface area contributed by atoms with Crippen LogP contribution in [0.4, 0.5) is 13.2 Å². The molecular weight excluding hydrogens is 301 g/mol. The van der Waals surface area contributed by atoms with Crippen molar-refractivity contribution < 1.29 is 14.5 Å². The average Bonchev–Trinajstić information content (AvgIpc) is 2.59. The smallest absolute Gasteiger partial charge is 0.295 e. The van der Waals surface area contributed by atoms with E-state index in [2.05, 4.69) is 11.6 Å². The van der Waals surface area contributed by atoms with Gasteiger partial charge < -0.3 is 0 Å². The Bertz CT molecular complexity index is 741. The summed E-state index contributed by atoms with van der Waals surface area (Å²) >= 11 is 0. The zero-order chi connectivity index (χ0) is 17.3. The predicted octanol–water partition coefficient (Wildman–Crippen LogP) is 4.31. The third-order valence-electron chi connectivity index (χ3n) is 3.95.